The van der Waals surface area contributed by atoms with Crippen LogP contribution in [0.15, 0.2) is 30.4 Å². The molecule has 1 aromatic carbocycles. The Labute approximate surface area is 92.1 Å². The SMILES string of the molecule is C=C(C)C(=O)COc1cccc2n[nH]nc12. The quantitative estimate of drug-likeness (QED) is 0.787. The van der Waals surface area contributed by atoms with Crippen LogP contribution in [0, 0.1) is 0 Å². The van der Waals surface area contributed by atoms with Crippen LogP contribution in [-0.4, -0.2) is 27.8 Å². The Bertz CT molecular complexity index is 545. The van der Waals surface area contributed by atoms with Crippen LogP contribution in [-0.2, 0) is 4.79 Å². The Hall–Kier alpha value is -2.17. The largest absolute Gasteiger partial charge is 0.483 e. The highest BCUT2D eigenvalue weighted by Gasteiger charge is 2.08. The molecule has 0 radical (unpaired) electrons. The molecule has 0 amide bonds. The van der Waals surface area contributed by atoms with Crippen molar-refractivity contribution in [2.75, 3.05) is 6.61 Å². The van der Waals surface area contributed by atoms with Gasteiger partial charge in [-0.3, -0.25) is 4.79 Å². The molecule has 1 aromatic heterocycles. The smallest absolute Gasteiger partial charge is 0.195 e. The standard InChI is InChI=1S/C11H11N3O2/c1-7(2)9(15)6-16-10-5-3-4-8-11(10)13-14-12-8/h3-5H,1,6H2,2H3,(H,12,13,14). The Morgan fingerprint density at radius 3 is 3.06 bits per heavy atom. The maximum Gasteiger partial charge on any atom is 0.195 e. The van der Waals surface area contributed by atoms with Gasteiger partial charge in [-0.15, -0.1) is 0 Å². The first-order valence-electron chi connectivity index (χ1n) is 4.79. The van der Waals surface area contributed by atoms with Crippen molar-refractivity contribution in [3.8, 4) is 5.75 Å². The summed E-state index contributed by atoms with van der Waals surface area (Å²) in [5.41, 5.74) is 1.81. The number of hydrogen-bond donors (Lipinski definition) is 1. The molecule has 2 aromatic rings. The predicted molar refractivity (Wildman–Crippen MR) is 59.2 cm³/mol. The van der Waals surface area contributed by atoms with Crippen LogP contribution in [0.1, 0.15) is 6.92 Å². The third-order valence-corrected chi connectivity index (χ3v) is 2.14. The van der Waals surface area contributed by atoms with E-state index in [1.54, 1.807) is 19.1 Å². The Balaban J connectivity index is 2.18. The minimum Gasteiger partial charge on any atom is -0.483 e. The minimum atomic E-state index is -0.125. The van der Waals surface area contributed by atoms with Crippen LogP contribution in [0.3, 0.4) is 0 Å². The molecule has 0 aliphatic heterocycles. The second-order valence-corrected chi connectivity index (χ2v) is 3.44. The van der Waals surface area contributed by atoms with Crippen LogP contribution in [0.4, 0.5) is 0 Å². The fraction of sp³-hybridized carbons (Fsp3) is 0.182. The Kier molecular flexibility index (Phi) is 2.68. The van der Waals surface area contributed by atoms with Crippen LogP contribution in [0.5, 0.6) is 5.75 Å². The highest BCUT2D eigenvalue weighted by molar-refractivity contribution is 5.95. The van der Waals surface area contributed by atoms with Gasteiger partial charge in [0.05, 0.1) is 0 Å². The van der Waals surface area contributed by atoms with E-state index in [-0.39, 0.29) is 12.4 Å². The second-order valence-electron chi connectivity index (χ2n) is 3.44. The zero-order valence-corrected chi connectivity index (χ0v) is 8.86. The van der Waals surface area contributed by atoms with Crippen LogP contribution in [0.25, 0.3) is 11.0 Å². The maximum atomic E-state index is 11.3. The number of Topliss-reactive ketones (excluding diaryl/α,β-unsaturated/α-hetero) is 1. The van der Waals surface area contributed by atoms with Crippen molar-refractivity contribution in [2.24, 2.45) is 0 Å². The van der Waals surface area contributed by atoms with E-state index in [9.17, 15) is 4.79 Å². The van der Waals surface area contributed by atoms with Gasteiger partial charge in [0, 0.05) is 0 Å². The van der Waals surface area contributed by atoms with E-state index in [1.165, 1.54) is 0 Å². The summed E-state index contributed by atoms with van der Waals surface area (Å²) in [5.74, 6) is 0.418. The first-order valence-corrected chi connectivity index (χ1v) is 4.79. The molecule has 16 heavy (non-hydrogen) atoms. The van der Waals surface area contributed by atoms with Crippen LogP contribution >= 0.6 is 0 Å². The summed E-state index contributed by atoms with van der Waals surface area (Å²) in [6.45, 7) is 5.18. The molecule has 0 saturated heterocycles. The number of nitrogens with one attached hydrogen (secondary N) is 1. The van der Waals surface area contributed by atoms with E-state index in [0.29, 0.717) is 22.4 Å². The number of benzene rings is 1. The first kappa shape index (κ1) is 10.4. The molecule has 2 rings (SSSR count). The summed E-state index contributed by atoms with van der Waals surface area (Å²) in [6.07, 6.45) is 0. The molecule has 0 unspecified atom stereocenters. The molecule has 0 saturated carbocycles. The minimum absolute atomic E-state index is 0.0265. The zero-order valence-electron chi connectivity index (χ0n) is 8.86. The van der Waals surface area contributed by atoms with Crippen molar-refractivity contribution in [1.29, 1.82) is 0 Å². The summed E-state index contributed by atoms with van der Waals surface area (Å²) in [5, 5.41) is 10.4. The molecule has 0 fully saturated rings. The summed E-state index contributed by atoms with van der Waals surface area (Å²) in [7, 11) is 0. The van der Waals surface area contributed by atoms with E-state index >= 15 is 0 Å². The molecule has 5 heteroatoms. The first-order chi connectivity index (χ1) is 7.68. The molecular weight excluding hydrogens is 206 g/mol. The number of hydrogen-bond acceptors (Lipinski definition) is 4. The fourth-order valence-corrected chi connectivity index (χ4v) is 1.23. The predicted octanol–water partition coefficient (Wildman–Crippen LogP) is 1.48. The van der Waals surface area contributed by atoms with E-state index in [1.807, 2.05) is 6.07 Å². The molecule has 1 heterocycles. The van der Waals surface area contributed by atoms with Gasteiger partial charge in [0.25, 0.3) is 0 Å². The lowest BCUT2D eigenvalue weighted by Gasteiger charge is -2.04. The van der Waals surface area contributed by atoms with E-state index in [0.717, 1.165) is 0 Å². The van der Waals surface area contributed by atoms with Crippen LogP contribution in [0.2, 0.25) is 0 Å². The number of aromatic nitrogens is 3. The number of fused-ring (bicyclic) bond motifs is 1. The highest BCUT2D eigenvalue weighted by atomic mass is 16.5. The number of rotatable bonds is 4. The Morgan fingerprint density at radius 2 is 2.31 bits per heavy atom. The van der Waals surface area contributed by atoms with Gasteiger partial charge in [0.1, 0.15) is 11.3 Å². The summed E-state index contributed by atoms with van der Waals surface area (Å²) < 4.78 is 5.37. The number of ether oxygens (including phenoxy) is 1. The monoisotopic (exact) mass is 217 g/mol. The number of H-pyrrole nitrogens is 1. The lowest BCUT2D eigenvalue weighted by Crippen LogP contribution is -2.11. The topological polar surface area (TPSA) is 67.9 Å². The van der Waals surface area contributed by atoms with Gasteiger partial charge in [-0.1, -0.05) is 12.6 Å². The molecule has 1 N–H and O–H groups in total. The van der Waals surface area contributed by atoms with Crippen molar-refractivity contribution >= 4 is 16.8 Å². The van der Waals surface area contributed by atoms with Crippen molar-refractivity contribution in [2.45, 2.75) is 6.92 Å². The Morgan fingerprint density at radius 1 is 1.50 bits per heavy atom. The van der Waals surface area contributed by atoms with Gasteiger partial charge in [-0.25, -0.2) is 0 Å². The molecular formula is C11H11N3O2. The van der Waals surface area contributed by atoms with Crippen molar-refractivity contribution in [1.82, 2.24) is 15.4 Å². The van der Waals surface area contributed by atoms with Gasteiger partial charge in [-0.2, -0.15) is 15.4 Å². The normalized spacial score (nSPS) is 10.3. The average Bonchev–Trinajstić information content (AvgIpc) is 2.73. The molecule has 0 aliphatic rings. The van der Waals surface area contributed by atoms with E-state index in [4.69, 9.17) is 4.74 Å². The maximum absolute atomic E-state index is 11.3. The number of aromatic amines is 1. The van der Waals surface area contributed by atoms with Gasteiger partial charge < -0.3 is 4.74 Å². The number of ketones is 1. The summed E-state index contributed by atoms with van der Waals surface area (Å²) >= 11 is 0. The lowest BCUT2D eigenvalue weighted by atomic mass is 10.2. The van der Waals surface area contributed by atoms with Gasteiger partial charge in [0.2, 0.25) is 0 Å². The number of carbonyl (C=O) groups is 1. The second kappa shape index (κ2) is 4.14. The molecule has 0 spiro atoms. The third kappa shape index (κ3) is 1.93. The van der Waals surface area contributed by atoms with Crippen molar-refractivity contribution < 1.29 is 9.53 Å². The van der Waals surface area contributed by atoms with E-state index in [2.05, 4.69) is 22.0 Å². The van der Waals surface area contributed by atoms with E-state index < -0.39 is 0 Å². The number of para-hydroxylation sites is 1. The molecule has 0 atom stereocenters. The fourth-order valence-electron chi connectivity index (χ4n) is 1.23. The zero-order chi connectivity index (χ0) is 11.5. The molecule has 0 bridgehead atoms. The highest BCUT2D eigenvalue weighted by Crippen LogP contribution is 2.21. The molecule has 82 valence electrons. The number of nitrogens with zero attached hydrogens (tertiary/aromatic N) is 2. The van der Waals surface area contributed by atoms with Gasteiger partial charge in [-0.05, 0) is 24.6 Å². The summed E-state index contributed by atoms with van der Waals surface area (Å²) in [6, 6.07) is 5.36. The lowest BCUT2D eigenvalue weighted by molar-refractivity contribution is -0.117. The summed E-state index contributed by atoms with van der Waals surface area (Å²) in [4.78, 5) is 11.3. The molecule has 5 nitrogen and oxygen atoms in total. The van der Waals surface area contributed by atoms with Crippen molar-refractivity contribution in [3.63, 3.8) is 0 Å². The van der Waals surface area contributed by atoms with Crippen molar-refractivity contribution in [3.05, 3.63) is 30.4 Å². The number of carbonyl (C=O) groups excluding carboxylic acids is 1. The average molecular weight is 217 g/mol. The third-order valence-electron chi connectivity index (χ3n) is 2.14. The molecule has 0 aliphatic carbocycles. The van der Waals surface area contributed by atoms with Crippen LogP contribution < -0.4 is 4.74 Å². The van der Waals surface area contributed by atoms with Gasteiger partial charge >= 0.3 is 0 Å². The van der Waals surface area contributed by atoms with Gasteiger partial charge in [0.15, 0.2) is 17.9 Å².